The van der Waals surface area contributed by atoms with E-state index in [1.807, 2.05) is 12.1 Å². The van der Waals surface area contributed by atoms with E-state index in [4.69, 9.17) is 15.1 Å². The fourth-order valence-corrected chi connectivity index (χ4v) is 1.23. The molecular formula is C5H6ClNOOsS-2. The molecule has 0 radical (unpaired) electrons. The molecule has 0 amide bonds. The van der Waals surface area contributed by atoms with Crippen molar-refractivity contribution in [1.82, 2.24) is 0 Å². The minimum atomic E-state index is 0. The zero-order valence-electron chi connectivity index (χ0n) is 4.99. The molecule has 0 spiro atoms. The van der Waals surface area contributed by atoms with Crippen molar-refractivity contribution >= 4 is 22.9 Å². The average Bonchev–Trinajstić information content (AvgIpc) is 2.20. The number of thiophene rings is 1. The molecule has 2 nitrogen and oxygen atoms in total. The van der Waals surface area contributed by atoms with E-state index in [0.717, 1.165) is 9.21 Å². The Hall–Kier alpha value is 0.256. The second-order valence-electron chi connectivity index (χ2n) is 1.21. The summed E-state index contributed by atoms with van der Waals surface area (Å²) < 4.78 is 9.09. The third-order valence-electron chi connectivity index (χ3n) is 0.629. The number of rotatable bonds is 0. The first-order chi connectivity index (χ1) is 4.29. The molecule has 0 aliphatic carbocycles. The Bertz CT molecular complexity index is 165. The van der Waals surface area contributed by atoms with Crippen LogP contribution in [-0.2, 0) is 22.1 Å². The van der Waals surface area contributed by atoms with E-state index < -0.39 is 0 Å². The molecule has 2 N–H and O–H groups in total. The van der Waals surface area contributed by atoms with Gasteiger partial charge in [0.15, 0.2) is 0 Å². The summed E-state index contributed by atoms with van der Waals surface area (Å²) in [5.74, 6) is 0. The third kappa shape index (κ3) is 5.07. The Morgan fingerprint density at radius 2 is 2.00 bits per heavy atom. The second kappa shape index (κ2) is 7.36. The summed E-state index contributed by atoms with van der Waals surface area (Å²) in [6.45, 7) is 3.68. The molecule has 1 aromatic rings. The molecule has 0 aliphatic rings. The first-order valence-electron chi connectivity index (χ1n) is 2.01. The van der Waals surface area contributed by atoms with Crippen LogP contribution in [0.5, 0.6) is 0 Å². The molecular weight excluding hydrogens is 348 g/mol. The zero-order chi connectivity index (χ0) is 7.28. The number of hydrogen-bond donors (Lipinski definition) is 0. The van der Waals surface area contributed by atoms with Crippen LogP contribution in [0.2, 0.25) is 4.34 Å². The molecule has 0 fully saturated rings. The van der Waals surface area contributed by atoms with Crippen LogP contribution >= 0.6 is 22.9 Å². The summed E-state index contributed by atoms with van der Waals surface area (Å²) in [5.41, 5.74) is 0. The maximum absolute atomic E-state index is 8.28. The van der Waals surface area contributed by atoms with Gasteiger partial charge in [-0.15, -0.1) is 10.9 Å². The van der Waals surface area contributed by atoms with Crippen molar-refractivity contribution in [2.45, 2.75) is 0 Å². The molecule has 0 saturated heterocycles. The van der Waals surface area contributed by atoms with E-state index >= 15 is 0 Å². The summed E-state index contributed by atoms with van der Waals surface area (Å²) in [4.78, 5) is 1.02. The van der Waals surface area contributed by atoms with Crippen molar-refractivity contribution in [3.8, 4) is 0 Å². The Morgan fingerprint density at radius 3 is 2.10 bits per heavy atom. The van der Waals surface area contributed by atoms with Crippen LogP contribution in [0.25, 0.3) is 6.15 Å². The van der Waals surface area contributed by atoms with Crippen molar-refractivity contribution in [2.24, 2.45) is 0 Å². The predicted molar refractivity (Wildman–Crippen MR) is 39.8 cm³/mol. The van der Waals surface area contributed by atoms with Gasteiger partial charge in [0.05, 0.1) is 4.34 Å². The Morgan fingerprint density at radius 1 is 1.50 bits per heavy atom. The van der Waals surface area contributed by atoms with E-state index in [-0.39, 0.29) is 6.15 Å². The van der Waals surface area contributed by atoms with Gasteiger partial charge in [-0.25, -0.2) is 6.92 Å². The Labute approximate surface area is 79.4 Å². The normalized spacial score (nSPS) is 7.00. The van der Waals surface area contributed by atoms with Gasteiger partial charge in [0, 0.05) is 0 Å². The summed E-state index contributed by atoms with van der Waals surface area (Å²) in [5, 5.41) is 0. The summed E-state index contributed by atoms with van der Waals surface area (Å²) in [7, 11) is 0. The third-order valence-corrected chi connectivity index (χ3v) is 1.72. The minimum absolute atomic E-state index is 0. The molecule has 5 heteroatoms. The van der Waals surface area contributed by atoms with E-state index in [2.05, 4.69) is 6.92 Å². The quantitative estimate of drug-likeness (QED) is 0.661. The van der Waals surface area contributed by atoms with Crippen molar-refractivity contribution in [2.75, 3.05) is 0 Å². The summed E-state index contributed by atoms with van der Waals surface area (Å²) in [6.07, 6.45) is 0. The molecule has 1 heterocycles. The van der Waals surface area contributed by atoms with E-state index in [1.165, 1.54) is 11.3 Å². The predicted octanol–water partition coefficient (Wildman–Crippen LogP) is 3.18. The maximum atomic E-state index is 8.28. The van der Waals surface area contributed by atoms with Crippen LogP contribution in [0.4, 0.5) is 0 Å². The number of nitrogens with two attached hydrogens (primary N) is 1. The number of hydrogen-bond acceptors (Lipinski definition) is 2. The van der Waals surface area contributed by atoms with Crippen LogP contribution in [0.15, 0.2) is 12.1 Å². The van der Waals surface area contributed by atoms with Gasteiger partial charge in [0.25, 0.3) is 0 Å². The van der Waals surface area contributed by atoms with Crippen LogP contribution < -0.4 is 0 Å². The van der Waals surface area contributed by atoms with E-state index in [1.54, 1.807) is 0 Å². The van der Waals surface area contributed by atoms with Gasteiger partial charge in [-0.1, -0.05) is 11.6 Å². The van der Waals surface area contributed by atoms with Crippen LogP contribution in [0.3, 0.4) is 0 Å². The molecule has 0 aromatic carbocycles. The van der Waals surface area contributed by atoms with Gasteiger partial charge < -0.3 is 6.15 Å². The van der Waals surface area contributed by atoms with Crippen molar-refractivity contribution < 1.29 is 22.1 Å². The van der Waals surface area contributed by atoms with Crippen LogP contribution in [-0.4, -0.2) is 0 Å². The number of halogens is 1. The van der Waals surface area contributed by atoms with Crippen LogP contribution in [0.1, 0.15) is 4.88 Å². The van der Waals surface area contributed by atoms with E-state index in [0.29, 0.717) is 18.6 Å². The molecule has 10 heavy (non-hydrogen) atoms. The first-order valence-corrected chi connectivity index (χ1v) is 4.24. The molecule has 1 rings (SSSR count). The fourth-order valence-electron chi connectivity index (χ4n) is 0.352. The van der Waals surface area contributed by atoms with Gasteiger partial charge in [-0.3, -0.25) is 0 Å². The average molecular weight is 354 g/mol. The van der Waals surface area contributed by atoms with Gasteiger partial charge in [0.2, 0.25) is 0 Å². The van der Waals surface area contributed by atoms with Gasteiger partial charge in [-0.2, -0.15) is 17.4 Å². The fraction of sp³-hybridized carbons (Fsp3) is 0. The second-order valence-corrected chi connectivity index (χ2v) is 3.01. The Balaban J connectivity index is 0. The standard InChI is InChI=1S/C5H4ClS.H2N.O.Os/c1-4-2-3-5(6)7-4;;;/h2-3H,1H2;1H2;;/q2*-1;;. The van der Waals surface area contributed by atoms with Gasteiger partial charge in [-0.05, 0) is 0 Å². The SMILES string of the molecule is [CH2-]c1ccc(Cl)s1.[NH2-].[O]=[Os]. The van der Waals surface area contributed by atoms with Crippen LogP contribution in [0, 0.1) is 6.92 Å². The molecule has 0 saturated carbocycles. The van der Waals surface area contributed by atoms with Crippen molar-refractivity contribution in [3.63, 3.8) is 0 Å². The molecule has 0 unspecified atom stereocenters. The monoisotopic (exact) mass is 355 g/mol. The summed E-state index contributed by atoms with van der Waals surface area (Å²) in [6, 6.07) is 3.74. The topological polar surface area (TPSA) is 50.6 Å². The molecule has 60 valence electrons. The van der Waals surface area contributed by atoms with Crippen molar-refractivity contribution in [1.29, 1.82) is 0 Å². The molecule has 0 bridgehead atoms. The van der Waals surface area contributed by atoms with E-state index in [9.17, 15) is 0 Å². The molecule has 0 aliphatic heterocycles. The first kappa shape index (κ1) is 12.9. The molecule has 0 atom stereocenters. The van der Waals surface area contributed by atoms with Gasteiger partial charge in [0.1, 0.15) is 0 Å². The molecule has 1 aromatic heterocycles. The summed E-state index contributed by atoms with van der Waals surface area (Å²) >= 11 is 7.65. The van der Waals surface area contributed by atoms with Crippen molar-refractivity contribution in [3.05, 3.63) is 34.4 Å². The zero-order valence-corrected chi connectivity index (χ0v) is 9.10. The van der Waals surface area contributed by atoms with Gasteiger partial charge >= 0.3 is 22.1 Å². The Kier molecular flexibility index (Phi) is 9.49.